The number of rotatable bonds is 6. The van der Waals surface area contributed by atoms with Crippen LogP contribution in [0.3, 0.4) is 0 Å². The van der Waals surface area contributed by atoms with Gasteiger partial charge in [-0.2, -0.15) is 0 Å². The molecule has 1 aromatic carbocycles. The third kappa shape index (κ3) is 4.50. The highest BCUT2D eigenvalue weighted by Gasteiger charge is 2.10. The van der Waals surface area contributed by atoms with Crippen LogP contribution >= 0.6 is 0 Å². The van der Waals surface area contributed by atoms with Crippen molar-refractivity contribution >= 4 is 11.7 Å². The lowest BCUT2D eigenvalue weighted by atomic mass is 10.1. The average Bonchev–Trinajstić information content (AvgIpc) is 2.36. The molecule has 0 amide bonds. The van der Waals surface area contributed by atoms with Crippen LogP contribution in [0.25, 0.3) is 0 Å². The standard InChI is InChI=1S/C12H16N2O4/c1-9(6-12(15)18-2)13-8-10-4-3-5-11(7-10)14(16)17/h3-5,7,9,13H,6,8H2,1-2H3. The lowest BCUT2D eigenvalue weighted by Gasteiger charge is -2.12. The number of esters is 1. The van der Waals surface area contributed by atoms with Crippen LogP contribution in [0.4, 0.5) is 5.69 Å². The van der Waals surface area contributed by atoms with E-state index < -0.39 is 4.92 Å². The van der Waals surface area contributed by atoms with Gasteiger partial charge in [0.05, 0.1) is 18.5 Å². The summed E-state index contributed by atoms with van der Waals surface area (Å²) in [6.07, 6.45) is 0.269. The molecular weight excluding hydrogens is 236 g/mol. The molecule has 0 heterocycles. The molecule has 0 aromatic heterocycles. The normalized spacial score (nSPS) is 11.9. The average molecular weight is 252 g/mol. The van der Waals surface area contributed by atoms with Crippen molar-refractivity contribution in [2.75, 3.05) is 7.11 Å². The zero-order chi connectivity index (χ0) is 13.5. The summed E-state index contributed by atoms with van der Waals surface area (Å²) in [5.74, 6) is -0.283. The first kappa shape index (κ1) is 14.1. The zero-order valence-electron chi connectivity index (χ0n) is 10.4. The summed E-state index contributed by atoms with van der Waals surface area (Å²) >= 11 is 0. The van der Waals surface area contributed by atoms with E-state index in [9.17, 15) is 14.9 Å². The van der Waals surface area contributed by atoms with Crippen LogP contribution in [0.1, 0.15) is 18.9 Å². The van der Waals surface area contributed by atoms with Crippen molar-refractivity contribution in [1.82, 2.24) is 5.32 Å². The second kappa shape index (κ2) is 6.70. The molecular formula is C12H16N2O4. The molecule has 0 aliphatic heterocycles. The SMILES string of the molecule is COC(=O)CC(C)NCc1cccc([N+](=O)[O-])c1. The van der Waals surface area contributed by atoms with Crippen molar-refractivity contribution in [1.29, 1.82) is 0 Å². The molecule has 0 radical (unpaired) electrons. The summed E-state index contributed by atoms with van der Waals surface area (Å²) in [5, 5.41) is 13.7. The first-order valence-corrected chi connectivity index (χ1v) is 5.56. The van der Waals surface area contributed by atoms with Crippen molar-refractivity contribution in [3.8, 4) is 0 Å². The molecule has 0 aliphatic rings. The Hall–Kier alpha value is -1.95. The summed E-state index contributed by atoms with van der Waals surface area (Å²) in [4.78, 5) is 21.2. The van der Waals surface area contributed by atoms with Gasteiger partial charge < -0.3 is 10.1 Å². The molecule has 6 nitrogen and oxygen atoms in total. The summed E-state index contributed by atoms with van der Waals surface area (Å²) in [5.41, 5.74) is 0.871. The number of carbonyl (C=O) groups is 1. The van der Waals surface area contributed by atoms with E-state index in [1.807, 2.05) is 6.92 Å². The van der Waals surface area contributed by atoms with E-state index in [1.165, 1.54) is 19.2 Å². The summed E-state index contributed by atoms with van der Waals surface area (Å²) in [6.45, 7) is 2.33. The highest BCUT2D eigenvalue weighted by Crippen LogP contribution is 2.13. The number of hydrogen-bond donors (Lipinski definition) is 1. The van der Waals surface area contributed by atoms with Crippen LogP contribution in [-0.2, 0) is 16.1 Å². The van der Waals surface area contributed by atoms with E-state index in [0.29, 0.717) is 6.54 Å². The van der Waals surface area contributed by atoms with Crippen molar-refractivity contribution in [3.63, 3.8) is 0 Å². The molecule has 0 saturated carbocycles. The monoisotopic (exact) mass is 252 g/mol. The third-order valence-electron chi connectivity index (χ3n) is 2.48. The maximum atomic E-state index is 11.0. The molecule has 6 heteroatoms. The molecule has 98 valence electrons. The second-order valence-corrected chi connectivity index (χ2v) is 3.99. The number of benzene rings is 1. The Labute approximate surface area is 105 Å². The number of ether oxygens (including phenoxy) is 1. The van der Waals surface area contributed by atoms with Crippen LogP contribution in [0.2, 0.25) is 0 Å². The fourth-order valence-electron chi connectivity index (χ4n) is 1.48. The summed E-state index contributed by atoms with van der Waals surface area (Å²) in [7, 11) is 1.34. The first-order chi connectivity index (χ1) is 8.52. The van der Waals surface area contributed by atoms with E-state index >= 15 is 0 Å². The van der Waals surface area contributed by atoms with Gasteiger partial charge >= 0.3 is 5.97 Å². The Balaban J connectivity index is 2.50. The number of hydrogen-bond acceptors (Lipinski definition) is 5. The fraction of sp³-hybridized carbons (Fsp3) is 0.417. The molecule has 1 rings (SSSR count). The van der Waals surface area contributed by atoms with Gasteiger partial charge in [0.2, 0.25) is 0 Å². The van der Waals surface area contributed by atoms with E-state index in [-0.39, 0.29) is 24.1 Å². The van der Waals surface area contributed by atoms with Crippen LogP contribution in [-0.4, -0.2) is 24.0 Å². The maximum absolute atomic E-state index is 11.0. The van der Waals surface area contributed by atoms with Gasteiger partial charge in [0.25, 0.3) is 5.69 Å². The number of nitro benzene ring substituents is 1. The molecule has 1 atom stereocenters. The Kier molecular flexibility index (Phi) is 5.26. The second-order valence-electron chi connectivity index (χ2n) is 3.99. The summed E-state index contributed by atoms with van der Waals surface area (Å²) < 4.78 is 4.56. The Morgan fingerprint density at radius 2 is 2.28 bits per heavy atom. The van der Waals surface area contributed by atoms with Crippen molar-refractivity contribution in [3.05, 3.63) is 39.9 Å². The highest BCUT2D eigenvalue weighted by atomic mass is 16.6. The molecule has 0 aliphatic carbocycles. The van der Waals surface area contributed by atoms with Gasteiger partial charge in [-0.25, -0.2) is 0 Å². The molecule has 0 bridgehead atoms. The maximum Gasteiger partial charge on any atom is 0.307 e. The van der Waals surface area contributed by atoms with Gasteiger partial charge in [-0.3, -0.25) is 14.9 Å². The van der Waals surface area contributed by atoms with E-state index in [2.05, 4.69) is 10.1 Å². The molecule has 18 heavy (non-hydrogen) atoms. The predicted octanol–water partition coefficient (Wildman–Crippen LogP) is 1.64. The van der Waals surface area contributed by atoms with Gasteiger partial charge in [0, 0.05) is 24.7 Å². The van der Waals surface area contributed by atoms with Crippen LogP contribution < -0.4 is 5.32 Å². The Morgan fingerprint density at radius 1 is 1.56 bits per heavy atom. The smallest absolute Gasteiger partial charge is 0.307 e. The van der Waals surface area contributed by atoms with Crippen LogP contribution in [0, 0.1) is 10.1 Å². The molecule has 1 aromatic rings. The number of non-ortho nitro benzene ring substituents is 1. The Bertz CT molecular complexity index is 434. The minimum absolute atomic E-state index is 0.0447. The van der Waals surface area contributed by atoms with E-state index in [4.69, 9.17) is 0 Å². The van der Waals surface area contributed by atoms with Crippen molar-refractivity contribution in [2.45, 2.75) is 25.9 Å². The third-order valence-corrected chi connectivity index (χ3v) is 2.48. The van der Waals surface area contributed by atoms with Gasteiger partial charge in [-0.05, 0) is 12.5 Å². The molecule has 1 unspecified atom stereocenters. The minimum atomic E-state index is -0.429. The number of nitro groups is 1. The van der Waals surface area contributed by atoms with Gasteiger partial charge in [-0.1, -0.05) is 12.1 Å². The number of nitrogens with one attached hydrogen (secondary N) is 1. The van der Waals surface area contributed by atoms with Gasteiger partial charge in [0.1, 0.15) is 0 Å². The van der Waals surface area contributed by atoms with Gasteiger partial charge in [0.15, 0.2) is 0 Å². The van der Waals surface area contributed by atoms with Gasteiger partial charge in [-0.15, -0.1) is 0 Å². The lowest BCUT2D eigenvalue weighted by molar-refractivity contribution is -0.384. The van der Waals surface area contributed by atoms with E-state index in [1.54, 1.807) is 12.1 Å². The van der Waals surface area contributed by atoms with E-state index in [0.717, 1.165) is 5.56 Å². The predicted molar refractivity (Wildman–Crippen MR) is 66.0 cm³/mol. The van der Waals surface area contributed by atoms with Crippen LogP contribution in [0.15, 0.2) is 24.3 Å². The fourth-order valence-corrected chi connectivity index (χ4v) is 1.48. The van der Waals surface area contributed by atoms with Crippen molar-refractivity contribution < 1.29 is 14.5 Å². The highest BCUT2D eigenvalue weighted by molar-refractivity contribution is 5.69. The zero-order valence-corrected chi connectivity index (χ0v) is 10.4. The topological polar surface area (TPSA) is 81.5 Å². The molecule has 0 saturated heterocycles. The number of methoxy groups -OCH3 is 1. The number of nitrogens with zero attached hydrogens (tertiary/aromatic N) is 1. The van der Waals surface area contributed by atoms with Crippen LogP contribution in [0.5, 0.6) is 0 Å². The quantitative estimate of drug-likeness (QED) is 0.473. The molecule has 0 spiro atoms. The minimum Gasteiger partial charge on any atom is -0.469 e. The first-order valence-electron chi connectivity index (χ1n) is 5.56. The Morgan fingerprint density at radius 3 is 2.89 bits per heavy atom. The lowest BCUT2D eigenvalue weighted by Crippen LogP contribution is -2.28. The largest absolute Gasteiger partial charge is 0.469 e. The summed E-state index contributed by atoms with van der Waals surface area (Å²) in [6, 6.07) is 6.35. The van der Waals surface area contributed by atoms with Crippen molar-refractivity contribution in [2.24, 2.45) is 0 Å². The molecule has 1 N–H and O–H groups in total. The number of carbonyl (C=O) groups excluding carboxylic acids is 1. The molecule has 0 fully saturated rings.